The number of aromatic nitrogens is 3. The van der Waals surface area contributed by atoms with Gasteiger partial charge in [0, 0.05) is 23.4 Å². The number of hydrogen-bond acceptors (Lipinski definition) is 10. The van der Waals surface area contributed by atoms with Crippen LogP contribution in [0.2, 0.25) is 0 Å². The third-order valence-corrected chi connectivity index (χ3v) is 8.59. The van der Waals surface area contributed by atoms with Crippen LogP contribution in [0.4, 0.5) is 0 Å². The molecule has 5 aromatic rings. The topological polar surface area (TPSA) is 129 Å². The molecule has 0 unspecified atom stereocenters. The molecule has 1 aliphatic rings. The lowest BCUT2D eigenvalue weighted by molar-refractivity contribution is -0.138. The van der Waals surface area contributed by atoms with Gasteiger partial charge >= 0.3 is 5.97 Å². The van der Waals surface area contributed by atoms with Crippen molar-refractivity contribution in [1.29, 1.82) is 0 Å². The molecule has 12 heteroatoms. The predicted octanol–water partition coefficient (Wildman–Crippen LogP) is 4.47. The van der Waals surface area contributed by atoms with Crippen molar-refractivity contribution in [2.75, 3.05) is 13.2 Å². The molecule has 1 atom stereocenters. The molecule has 10 nitrogen and oxygen atoms in total. The van der Waals surface area contributed by atoms with E-state index in [1.807, 2.05) is 61.5 Å². The molecule has 4 heterocycles. The number of aromatic amines is 1. The number of ether oxygens (including phenoxy) is 2. The minimum absolute atomic E-state index is 0.162. The second-order valence-electron chi connectivity index (χ2n) is 9.88. The van der Waals surface area contributed by atoms with Gasteiger partial charge in [-0.1, -0.05) is 53.8 Å². The molecule has 45 heavy (non-hydrogen) atoms. The van der Waals surface area contributed by atoms with Gasteiger partial charge in [-0.25, -0.2) is 14.8 Å². The highest BCUT2D eigenvalue weighted by atomic mass is 32.2. The molecule has 0 radical (unpaired) electrons. The van der Waals surface area contributed by atoms with E-state index in [4.69, 9.17) is 18.9 Å². The fourth-order valence-electron chi connectivity index (χ4n) is 4.96. The second-order valence-corrected chi connectivity index (χ2v) is 11.9. The number of carbonyl (C=O) groups excluding carboxylic acids is 1. The molecule has 3 aromatic heterocycles. The number of thiazole rings is 1. The zero-order valence-corrected chi connectivity index (χ0v) is 26.2. The van der Waals surface area contributed by atoms with Crippen LogP contribution in [0.1, 0.15) is 42.5 Å². The molecule has 0 fully saturated rings. The molecule has 1 aliphatic heterocycles. The number of nitrogens with one attached hydrogen (secondary N) is 1. The largest absolute Gasteiger partial charge is 0.494 e. The highest BCUT2D eigenvalue weighted by molar-refractivity contribution is 7.99. The van der Waals surface area contributed by atoms with E-state index in [-0.39, 0.29) is 23.3 Å². The van der Waals surface area contributed by atoms with Crippen molar-refractivity contribution < 1.29 is 18.7 Å². The van der Waals surface area contributed by atoms with Crippen LogP contribution in [0.15, 0.2) is 108 Å². The Morgan fingerprint density at radius 1 is 1.07 bits per heavy atom. The van der Waals surface area contributed by atoms with E-state index in [2.05, 4.69) is 9.97 Å². The zero-order chi connectivity index (χ0) is 31.5. The summed E-state index contributed by atoms with van der Waals surface area (Å²) < 4.78 is 19.0. The molecule has 2 aromatic carbocycles. The zero-order valence-electron chi connectivity index (χ0n) is 24.6. The van der Waals surface area contributed by atoms with Gasteiger partial charge < -0.3 is 18.9 Å². The Balaban J connectivity index is 1.49. The van der Waals surface area contributed by atoms with E-state index in [1.165, 1.54) is 33.7 Å². The number of benzene rings is 2. The lowest BCUT2D eigenvalue weighted by Crippen LogP contribution is -2.40. The van der Waals surface area contributed by atoms with Crippen LogP contribution in [0.5, 0.6) is 5.75 Å². The number of rotatable bonds is 9. The monoisotopic (exact) mass is 640 g/mol. The van der Waals surface area contributed by atoms with Gasteiger partial charge in [-0.15, -0.1) is 0 Å². The molecular formula is C33H28N4O6S2. The van der Waals surface area contributed by atoms with Gasteiger partial charge in [0.2, 0.25) is 0 Å². The average molecular weight is 641 g/mol. The van der Waals surface area contributed by atoms with Gasteiger partial charge in [-0.05, 0) is 62.4 Å². The van der Waals surface area contributed by atoms with Crippen LogP contribution in [0, 0.1) is 6.92 Å². The Morgan fingerprint density at radius 3 is 2.56 bits per heavy atom. The maximum Gasteiger partial charge on any atom is 0.338 e. The third kappa shape index (κ3) is 6.33. The molecule has 6 rings (SSSR count). The highest BCUT2D eigenvalue weighted by Crippen LogP contribution is 2.35. The lowest BCUT2D eigenvalue weighted by atomic mass is 9.93. The first-order chi connectivity index (χ1) is 21.8. The Hall–Kier alpha value is -4.94. The summed E-state index contributed by atoms with van der Waals surface area (Å²) >= 11 is 2.37. The Morgan fingerprint density at radius 2 is 1.84 bits per heavy atom. The summed E-state index contributed by atoms with van der Waals surface area (Å²) in [6.45, 7) is 6.05. The molecule has 0 bridgehead atoms. The molecule has 0 spiro atoms. The lowest BCUT2D eigenvalue weighted by Gasteiger charge is -2.26. The number of H-pyrrole nitrogens is 1. The van der Waals surface area contributed by atoms with E-state index in [1.54, 1.807) is 32.1 Å². The molecule has 0 saturated carbocycles. The first-order valence-electron chi connectivity index (χ1n) is 14.2. The summed E-state index contributed by atoms with van der Waals surface area (Å²) in [7, 11) is 0. The van der Waals surface area contributed by atoms with E-state index in [0.29, 0.717) is 54.7 Å². The van der Waals surface area contributed by atoms with E-state index >= 15 is 0 Å². The fourth-order valence-corrected chi connectivity index (χ4v) is 6.75. The van der Waals surface area contributed by atoms with Gasteiger partial charge in [0.1, 0.15) is 11.5 Å². The third-order valence-electron chi connectivity index (χ3n) is 6.80. The van der Waals surface area contributed by atoms with Gasteiger partial charge in [-0.2, -0.15) is 0 Å². The molecule has 0 amide bonds. The van der Waals surface area contributed by atoms with Crippen molar-refractivity contribution in [3.8, 4) is 5.75 Å². The Labute approximate surface area is 265 Å². The predicted molar refractivity (Wildman–Crippen MR) is 171 cm³/mol. The smallest absolute Gasteiger partial charge is 0.338 e. The van der Waals surface area contributed by atoms with Crippen molar-refractivity contribution in [3.63, 3.8) is 0 Å². The van der Waals surface area contributed by atoms with Crippen LogP contribution < -0.4 is 25.2 Å². The molecule has 228 valence electrons. The van der Waals surface area contributed by atoms with E-state index in [0.717, 1.165) is 5.56 Å². The highest BCUT2D eigenvalue weighted by Gasteiger charge is 2.35. The maximum atomic E-state index is 14.1. The Kier molecular flexibility index (Phi) is 8.67. The van der Waals surface area contributed by atoms with Crippen molar-refractivity contribution >= 4 is 40.8 Å². The minimum atomic E-state index is -0.805. The first kappa shape index (κ1) is 30.1. The number of nitrogens with zero attached hydrogens (tertiary/aromatic N) is 3. The van der Waals surface area contributed by atoms with Crippen molar-refractivity contribution in [3.05, 3.63) is 131 Å². The maximum absolute atomic E-state index is 14.1. The second kappa shape index (κ2) is 13.0. The number of esters is 1. The van der Waals surface area contributed by atoms with Crippen LogP contribution in [0.3, 0.4) is 0 Å². The number of fused-ring (bicyclic) bond motifs is 1. The normalized spacial score (nSPS) is 14.6. The summed E-state index contributed by atoms with van der Waals surface area (Å²) in [5, 5.41) is 0.890. The molecule has 0 saturated heterocycles. The SMILES string of the molecule is CCOC(=O)C1=C(c2ccccc2)N=c2s/c(=C\c3ccc(Sc4nc(C)cc(=O)[nH]4)o3)c(=O)n2[C@H]1c1ccc(OCC)cc1. The van der Waals surface area contributed by atoms with Crippen LogP contribution in [-0.2, 0) is 9.53 Å². The van der Waals surface area contributed by atoms with Crippen LogP contribution in [-0.4, -0.2) is 33.7 Å². The number of hydrogen-bond donors (Lipinski definition) is 1. The molecular weight excluding hydrogens is 613 g/mol. The van der Waals surface area contributed by atoms with Gasteiger partial charge in [0.25, 0.3) is 11.1 Å². The Bertz CT molecular complexity index is 2140. The van der Waals surface area contributed by atoms with Crippen LogP contribution in [0.25, 0.3) is 11.8 Å². The number of furan rings is 1. The van der Waals surface area contributed by atoms with E-state index in [9.17, 15) is 14.4 Å². The molecule has 0 aliphatic carbocycles. The van der Waals surface area contributed by atoms with Crippen LogP contribution >= 0.6 is 23.1 Å². The minimum Gasteiger partial charge on any atom is -0.494 e. The van der Waals surface area contributed by atoms with Crippen molar-refractivity contribution in [2.45, 2.75) is 37.1 Å². The fraction of sp³-hybridized carbons (Fsp3) is 0.182. The van der Waals surface area contributed by atoms with Crippen molar-refractivity contribution in [2.24, 2.45) is 4.99 Å². The van der Waals surface area contributed by atoms with Gasteiger partial charge in [0.05, 0.1) is 35.1 Å². The standard InChI is InChI=1S/C33H28N4O6S2/c1-4-41-22-13-11-21(12-14-22)29-27(31(40)42-5-2)28(20-9-7-6-8-10-20)36-33-37(29)30(39)24(44-33)18-23-15-16-26(43-23)45-32-34-19(3)17-25(38)35-32/h6-18,29H,4-5H2,1-3H3,(H,34,35,38)/b24-18-/t29-/m0/s1. The van der Waals surface area contributed by atoms with Gasteiger partial charge in [0.15, 0.2) is 15.1 Å². The van der Waals surface area contributed by atoms with Crippen molar-refractivity contribution in [1.82, 2.24) is 14.5 Å². The summed E-state index contributed by atoms with van der Waals surface area (Å²) in [5.74, 6) is 0.557. The quantitative estimate of drug-likeness (QED) is 0.185. The summed E-state index contributed by atoms with van der Waals surface area (Å²) in [4.78, 5) is 51.9. The summed E-state index contributed by atoms with van der Waals surface area (Å²) in [5.41, 5.74) is 2.14. The first-order valence-corrected chi connectivity index (χ1v) is 15.8. The number of carbonyl (C=O) groups is 1. The average Bonchev–Trinajstić information content (AvgIpc) is 3.59. The number of aryl methyl sites for hydroxylation is 1. The summed E-state index contributed by atoms with van der Waals surface area (Å²) in [6, 6.07) is 20.8. The van der Waals surface area contributed by atoms with E-state index < -0.39 is 12.0 Å². The molecule has 1 N–H and O–H groups in total. The van der Waals surface area contributed by atoms with Gasteiger partial charge in [-0.3, -0.25) is 14.2 Å². The summed E-state index contributed by atoms with van der Waals surface area (Å²) in [6.07, 6.45) is 1.64.